The van der Waals surface area contributed by atoms with Gasteiger partial charge in [0.15, 0.2) is 5.78 Å². The zero-order chi connectivity index (χ0) is 18.2. The minimum absolute atomic E-state index is 0.00400. The standard InChI is InChI=1S/C19H17F3O3/c1-18(2)10-16(23)15-7-6-14(9-17(15)25-18)24-11-12-4-3-5-13(8-12)19(20,21)22/h3-9H,10-11H2,1-2H3. The van der Waals surface area contributed by atoms with Crippen LogP contribution in [0.4, 0.5) is 13.2 Å². The van der Waals surface area contributed by atoms with E-state index in [9.17, 15) is 18.0 Å². The largest absolute Gasteiger partial charge is 0.489 e. The molecule has 0 amide bonds. The lowest BCUT2D eigenvalue weighted by Crippen LogP contribution is -2.35. The average molecular weight is 350 g/mol. The van der Waals surface area contributed by atoms with Gasteiger partial charge in [0.05, 0.1) is 17.5 Å². The van der Waals surface area contributed by atoms with Gasteiger partial charge in [0.1, 0.15) is 23.7 Å². The molecule has 2 aromatic carbocycles. The third-order valence-electron chi connectivity index (χ3n) is 3.89. The maximum Gasteiger partial charge on any atom is 0.416 e. The Balaban J connectivity index is 1.76. The molecule has 3 nitrogen and oxygen atoms in total. The van der Waals surface area contributed by atoms with Gasteiger partial charge < -0.3 is 9.47 Å². The van der Waals surface area contributed by atoms with Crippen molar-refractivity contribution in [1.82, 2.24) is 0 Å². The molecule has 132 valence electrons. The van der Waals surface area contributed by atoms with Gasteiger partial charge in [0, 0.05) is 6.07 Å². The maximum atomic E-state index is 12.7. The second kappa shape index (κ2) is 6.10. The van der Waals surface area contributed by atoms with E-state index in [0.29, 0.717) is 29.0 Å². The predicted molar refractivity (Wildman–Crippen MR) is 85.9 cm³/mol. The molecule has 0 bridgehead atoms. The molecule has 3 rings (SSSR count). The summed E-state index contributed by atoms with van der Waals surface area (Å²) in [6.07, 6.45) is -4.09. The van der Waals surface area contributed by atoms with Crippen LogP contribution < -0.4 is 9.47 Å². The highest BCUT2D eigenvalue weighted by Crippen LogP contribution is 2.36. The van der Waals surface area contributed by atoms with Crippen molar-refractivity contribution in [3.8, 4) is 11.5 Å². The highest BCUT2D eigenvalue weighted by molar-refractivity contribution is 6.00. The molecule has 0 aromatic heterocycles. The first-order valence-corrected chi connectivity index (χ1v) is 7.79. The minimum Gasteiger partial charge on any atom is -0.489 e. The predicted octanol–water partition coefficient (Wildman–Crippen LogP) is 5.03. The Bertz CT molecular complexity index is 810. The van der Waals surface area contributed by atoms with Crippen molar-refractivity contribution in [1.29, 1.82) is 0 Å². The van der Waals surface area contributed by atoms with E-state index in [1.807, 2.05) is 13.8 Å². The van der Waals surface area contributed by atoms with Crippen LogP contribution in [0.5, 0.6) is 11.5 Å². The molecule has 6 heteroatoms. The zero-order valence-electron chi connectivity index (χ0n) is 13.8. The van der Waals surface area contributed by atoms with Crippen LogP contribution in [-0.4, -0.2) is 11.4 Å². The van der Waals surface area contributed by atoms with Crippen molar-refractivity contribution >= 4 is 5.78 Å². The molecule has 1 aliphatic rings. The van der Waals surface area contributed by atoms with Crippen LogP contribution in [0.25, 0.3) is 0 Å². The van der Waals surface area contributed by atoms with Crippen molar-refractivity contribution in [2.75, 3.05) is 0 Å². The van der Waals surface area contributed by atoms with Crippen LogP contribution >= 0.6 is 0 Å². The smallest absolute Gasteiger partial charge is 0.416 e. The van der Waals surface area contributed by atoms with Crippen molar-refractivity contribution < 1.29 is 27.4 Å². The second-order valence-corrected chi connectivity index (χ2v) is 6.61. The van der Waals surface area contributed by atoms with Gasteiger partial charge in [0.2, 0.25) is 0 Å². The number of Topliss-reactive ketones (excluding diaryl/α,β-unsaturated/α-hetero) is 1. The van der Waals surface area contributed by atoms with Gasteiger partial charge in [-0.1, -0.05) is 12.1 Å². The first-order valence-electron chi connectivity index (χ1n) is 7.79. The number of carbonyl (C=O) groups is 1. The SMILES string of the molecule is CC1(C)CC(=O)c2ccc(OCc3cccc(C(F)(F)F)c3)cc2O1. The van der Waals surface area contributed by atoms with Gasteiger partial charge in [0.25, 0.3) is 0 Å². The van der Waals surface area contributed by atoms with E-state index in [0.717, 1.165) is 12.1 Å². The lowest BCUT2D eigenvalue weighted by molar-refractivity contribution is -0.137. The van der Waals surface area contributed by atoms with Gasteiger partial charge >= 0.3 is 6.18 Å². The van der Waals surface area contributed by atoms with E-state index in [4.69, 9.17) is 9.47 Å². The number of halogens is 3. The van der Waals surface area contributed by atoms with Crippen molar-refractivity contribution in [2.45, 2.75) is 38.7 Å². The fourth-order valence-corrected chi connectivity index (χ4v) is 2.73. The molecule has 25 heavy (non-hydrogen) atoms. The van der Waals surface area contributed by atoms with Crippen molar-refractivity contribution in [2.24, 2.45) is 0 Å². The summed E-state index contributed by atoms with van der Waals surface area (Å²) in [7, 11) is 0. The molecule has 0 unspecified atom stereocenters. The molecular formula is C19H17F3O3. The van der Waals surface area contributed by atoms with Crippen molar-refractivity contribution in [3.05, 3.63) is 59.2 Å². The van der Waals surface area contributed by atoms with Gasteiger partial charge in [-0.25, -0.2) is 0 Å². The quantitative estimate of drug-likeness (QED) is 0.779. The molecule has 0 saturated heterocycles. The van der Waals surface area contributed by atoms with Crippen LogP contribution in [0.2, 0.25) is 0 Å². The molecule has 1 heterocycles. The summed E-state index contributed by atoms with van der Waals surface area (Å²) < 4.78 is 49.6. The van der Waals surface area contributed by atoms with Crippen molar-refractivity contribution in [3.63, 3.8) is 0 Å². The van der Waals surface area contributed by atoms with E-state index in [1.165, 1.54) is 6.07 Å². The first kappa shape index (κ1) is 17.3. The van der Waals surface area contributed by atoms with Crippen LogP contribution in [0, 0.1) is 0 Å². The number of ether oxygens (including phenoxy) is 2. The number of fused-ring (bicyclic) bond motifs is 1. The fraction of sp³-hybridized carbons (Fsp3) is 0.316. The maximum absolute atomic E-state index is 12.7. The average Bonchev–Trinajstić information content (AvgIpc) is 2.51. The van der Waals surface area contributed by atoms with Crippen LogP contribution in [0.1, 0.15) is 41.8 Å². The number of rotatable bonds is 3. The Hall–Kier alpha value is -2.50. The van der Waals surface area contributed by atoms with E-state index in [2.05, 4.69) is 0 Å². The summed E-state index contributed by atoms with van der Waals surface area (Å²) in [4.78, 5) is 12.1. The number of carbonyl (C=O) groups excluding carboxylic acids is 1. The first-order chi connectivity index (χ1) is 11.6. The summed E-state index contributed by atoms with van der Waals surface area (Å²) in [6.45, 7) is 3.63. The third-order valence-corrected chi connectivity index (χ3v) is 3.89. The Kier molecular flexibility index (Phi) is 4.22. The lowest BCUT2D eigenvalue weighted by atomic mass is 9.93. The van der Waals surface area contributed by atoms with E-state index >= 15 is 0 Å². The van der Waals surface area contributed by atoms with E-state index < -0.39 is 17.3 Å². The van der Waals surface area contributed by atoms with Gasteiger partial charge in [-0.05, 0) is 43.7 Å². The summed E-state index contributed by atoms with van der Waals surface area (Å²) >= 11 is 0. The highest BCUT2D eigenvalue weighted by Gasteiger charge is 2.33. The molecule has 0 atom stereocenters. The lowest BCUT2D eigenvalue weighted by Gasteiger charge is -2.31. The van der Waals surface area contributed by atoms with Crippen LogP contribution in [-0.2, 0) is 12.8 Å². The molecule has 2 aromatic rings. The summed E-state index contributed by atoms with van der Waals surface area (Å²) in [6, 6.07) is 9.82. The van der Waals surface area contributed by atoms with E-state index in [1.54, 1.807) is 24.3 Å². The van der Waals surface area contributed by atoms with Gasteiger partial charge in [-0.3, -0.25) is 4.79 Å². The molecule has 1 aliphatic heterocycles. The Morgan fingerprint density at radius 2 is 1.92 bits per heavy atom. The molecular weight excluding hydrogens is 333 g/mol. The Morgan fingerprint density at radius 1 is 1.16 bits per heavy atom. The molecule has 0 saturated carbocycles. The van der Waals surface area contributed by atoms with Crippen LogP contribution in [0.15, 0.2) is 42.5 Å². The molecule has 0 N–H and O–H groups in total. The summed E-state index contributed by atoms with van der Waals surface area (Å²) in [5.41, 5.74) is -0.408. The summed E-state index contributed by atoms with van der Waals surface area (Å²) in [5, 5.41) is 0. The monoisotopic (exact) mass is 350 g/mol. The number of benzene rings is 2. The minimum atomic E-state index is -4.39. The number of alkyl halides is 3. The topological polar surface area (TPSA) is 35.5 Å². The number of hydrogen-bond acceptors (Lipinski definition) is 3. The van der Waals surface area contributed by atoms with Gasteiger partial charge in [-0.2, -0.15) is 13.2 Å². The van der Waals surface area contributed by atoms with E-state index in [-0.39, 0.29) is 12.4 Å². The highest BCUT2D eigenvalue weighted by atomic mass is 19.4. The van der Waals surface area contributed by atoms with Gasteiger partial charge in [-0.15, -0.1) is 0 Å². The molecule has 0 radical (unpaired) electrons. The molecule has 0 spiro atoms. The zero-order valence-corrected chi connectivity index (χ0v) is 13.8. The molecule has 0 aliphatic carbocycles. The molecule has 0 fully saturated rings. The van der Waals surface area contributed by atoms with Crippen LogP contribution in [0.3, 0.4) is 0 Å². The normalized spacial score (nSPS) is 16.1. The third kappa shape index (κ3) is 3.95. The number of ketones is 1. The second-order valence-electron chi connectivity index (χ2n) is 6.61. The Labute approximate surface area is 143 Å². The Morgan fingerprint density at radius 3 is 2.64 bits per heavy atom. The fourth-order valence-electron chi connectivity index (χ4n) is 2.73. The summed E-state index contributed by atoms with van der Waals surface area (Å²) in [5.74, 6) is 0.861. The number of hydrogen-bond donors (Lipinski definition) is 0.